The van der Waals surface area contributed by atoms with E-state index >= 15 is 0 Å². The number of carbonyl (C=O) groups is 1. The number of benzene rings is 2. The molecule has 0 aromatic heterocycles. The Bertz CT molecular complexity index is 602. The van der Waals surface area contributed by atoms with E-state index in [0.29, 0.717) is 26.2 Å². The molecule has 0 aliphatic heterocycles. The number of rotatable bonds is 7. The van der Waals surface area contributed by atoms with E-state index in [1.54, 1.807) is 4.90 Å². The molecule has 0 aliphatic carbocycles. The van der Waals surface area contributed by atoms with Crippen LogP contribution in [0.5, 0.6) is 5.75 Å². The molecule has 1 N–H and O–H groups in total. The predicted octanol–water partition coefficient (Wildman–Crippen LogP) is 4.06. The zero-order chi connectivity index (χ0) is 16.5. The number of amides is 2. The molecule has 122 valence electrons. The lowest BCUT2D eigenvalue weighted by atomic mass is 10.2. The minimum absolute atomic E-state index is 0.0734. The van der Waals surface area contributed by atoms with E-state index in [-0.39, 0.29) is 6.03 Å². The third-order valence-electron chi connectivity index (χ3n) is 3.35. The number of nitrogens with one attached hydrogen (secondary N) is 1. The number of hydrogen-bond acceptors (Lipinski definition) is 2. The van der Waals surface area contributed by atoms with E-state index in [1.165, 1.54) is 0 Å². The summed E-state index contributed by atoms with van der Waals surface area (Å²) >= 11 is 3.38. The van der Waals surface area contributed by atoms with Gasteiger partial charge in [0, 0.05) is 17.6 Å². The summed E-state index contributed by atoms with van der Waals surface area (Å²) in [4.78, 5) is 14.0. The summed E-state index contributed by atoms with van der Waals surface area (Å²) in [5.74, 6) is 0.791. The molecule has 0 saturated heterocycles. The normalized spacial score (nSPS) is 10.2. The molecule has 2 rings (SSSR count). The van der Waals surface area contributed by atoms with Crippen molar-refractivity contribution in [2.75, 3.05) is 19.7 Å². The molecule has 0 heterocycles. The molecule has 2 aromatic rings. The van der Waals surface area contributed by atoms with Crippen LogP contribution < -0.4 is 10.1 Å². The predicted molar refractivity (Wildman–Crippen MR) is 95.6 cm³/mol. The number of carbonyl (C=O) groups excluding carboxylic acids is 1. The van der Waals surface area contributed by atoms with E-state index in [4.69, 9.17) is 4.74 Å². The van der Waals surface area contributed by atoms with E-state index < -0.39 is 0 Å². The Balaban J connectivity index is 1.73. The van der Waals surface area contributed by atoms with Gasteiger partial charge in [-0.25, -0.2) is 4.79 Å². The Kier molecular flexibility index (Phi) is 6.94. The smallest absolute Gasteiger partial charge is 0.317 e. The standard InChI is InChI=1S/C18H21BrN2O2/c1-2-21(14-15-6-4-3-5-7-15)18(22)20-12-13-23-17-10-8-16(19)9-11-17/h3-11H,2,12-14H2,1H3,(H,20,22). The summed E-state index contributed by atoms with van der Waals surface area (Å²) in [5, 5.41) is 2.89. The Morgan fingerprint density at radius 3 is 2.48 bits per heavy atom. The number of nitrogens with zero attached hydrogens (tertiary/aromatic N) is 1. The van der Waals surface area contributed by atoms with Gasteiger partial charge in [-0.1, -0.05) is 46.3 Å². The topological polar surface area (TPSA) is 41.6 Å². The molecule has 0 bridgehead atoms. The molecule has 0 aliphatic rings. The van der Waals surface area contributed by atoms with Crippen LogP contribution in [0.4, 0.5) is 4.79 Å². The summed E-state index contributed by atoms with van der Waals surface area (Å²) in [5.41, 5.74) is 1.12. The zero-order valence-electron chi connectivity index (χ0n) is 13.2. The van der Waals surface area contributed by atoms with Gasteiger partial charge in [-0.2, -0.15) is 0 Å². The minimum Gasteiger partial charge on any atom is -0.492 e. The third kappa shape index (κ3) is 5.94. The summed E-state index contributed by atoms with van der Waals surface area (Å²) in [7, 11) is 0. The van der Waals surface area contributed by atoms with Crippen LogP contribution in [0.3, 0.4) is 0 Å². The van der Waals surface area contributed by atoms with Crippen molar-refractivity contribution in [3.05, 3.63) is 64.6 Å². The number of urea groups is 1. The van der Waals surface area contributed by atoms with E-state index in [1.807, 2.05) is 61.5 Å². The van der Waals surface area contributed by atoms with E-state index in [9.17, 15) is 4.79 Å². The van der Waals surface area contributed by atoms with E-state index in [0.717, 1.165) is 15.8 Å². The van der Waals surface area contributed by atoms with Crippen molar-refractivity contribution in [2.45, 2.75) is 13.5 Å². The Hall–Kier alpha value is -2.01. The fourth-order valence-electron chi connectivity index (χ4n) is 2.10. The molecule has 0 radical (unpaired) electrons. The highest BCUT2D eigenvalue weighted by atomic mass is 79.9. The second-order valence-electron chi connectivity index (χ2n) is 5.03. The van der Waals surface area contributed by atoms with Gasteiger partial charge in [-0.05, 0) is 36.8 Å². The average Bonchev–Trinajstić information content (AvgIpc) is 2.59. The van der Waals surface area contributed by atoms with Crippen LogP contribution in [-0.4, -0.2) is 30.6 Å². The quantitative estimate of drug-likeness (QED) is 0.740. The van der Waals surface area contributed by atoms with E-state index in [2.05, 4.69) is 21.2 Å². The van der Waals surface area contributed by atoms with Crippen molar-refractivity contribution >= 4 is 22.0 Å². The van der Waals surface area contributed by atoms with Crippen LogP contribution in [0.15, 0.2) is 59.1 Å². The maximum absolute atomic E-state index is 12.2. The van der Waals surface area contributed by atoms with Gasteiger partial charge >= 0.3 is 6.03 Å². The molecule has 5 heteroatoms. The second kappa shape index (κ2) is 9.20. The molecule has 0 atom stereocenters. The molecule has 0 spiro atoms. The molecule has 2 aromatic carbocycles. The summed E-state index contributed by atoms with van der Waals surface area (Å²) in [6.07, 6.45) is 0. The van der Waals surface area contributed by atoms with Crippen molar-refractivity contribution in [3.8, 4) is 5.75 Å². The number of halogens is 1. The Labute approximate surface area is 145 Å². The maximum Gasteiger partial charge on any atom is 0.317 e. The Morgan fingerprint density at radius 1 is 1.13 bits per heavy atom. The van der Waals surface area contributed by atoms with Crippen molar-refractivity contribution in [1.82, 2.24) is 10.2 Å². The fraction of sp³-hybridized carbons (Fsp3) is 0.278. The molecule has 23 heavy (non-hydrogen) atoms. The molecule has 0 saturated carbocycles. The molecule has 0 unspecified atom stereocenters. The van der Waals surface area contributed by atoms with Crippen molar-refractivity contribution < 1.29 is 9.53 Å². The van der Waals surface area contributed by atoms with Gasteiger partial charge in [0.1, 0.15) is 12.4 Å². The SMILES string of the molecule is CCN(Cc1ccccc1)C(=O)NCCOc1ccc(Br)cc1. The largest absolute Gasteiger partial charge is 0.492 e. The second-order valence-corrected chi connectivity index (χ2v) is 5.95. The average molecular weight is 377 g/mol. The van der Waals surface area contributed by atoms with Gasteiger partial charge in [0.15, 0.2) is 0 Å². The number of hydrogen-bond donors (Lipinski definition) is 1. The summed E-state index contributed by atoms with van der Waals surface area (Å²) < 4.78 is 6.60. The van der Waals surface area contributed by atoms with Crippen LogP contribution in [0.2, 0.25) is 0 Å². The lowest BCUT2D eigenvalue weighted by molar-refractivity contribution is 0.195. The number of ether oxygens (including phenoxy) is 1. The molecular formula is C18H21BrN2O2. The monoisotopic (exact) mass is 376 g/mol. The van der Waals surface area contributed by atoms with Crippen LogP contribution >= 0.6 is 15.9 Å². The highest BCUT2D eigenvalue weighted by Crippen LogP contribution is 2.15. The van der Waals surface area contributed by atoms with Crippen LogP contribution in [0.25, 0.3) is 0 Å². The zero-order valence-corrected chi connectivity index (χ0v) is 14.8. The Morgan fingerprint density at radius 2 is 1.83 bits per heavy atom. The van der Waals surface area contributed by atoms with Crippen molar-refractivity contribution in [3.63, 3.8) is 0 Å². The summed E-state index contributed by atoms with van der Waals surface area (Å²) in [6.45, 7) is 4.16. The van der Waals surface area contributed by atoms with Gasteiger partial charge in [-0.15, -0.1) is 0 Å². The van der Waals surface area contributed by atoms with Crippen molar-refractivity contribution in [2.24, 2.45) is 0 Å². The first-order valence-electron chi connectivity index (χ1n) is 7.64. The summed E-state index contributed by atoms with van der Waals surface area (Å²) in [6, 6.07) is 17.5. The van der Waals surface area contributed by atoms with Crippen LogP contribution in [-0.2, 0) is 6.54 Å². The third-order valence-corrected chi connectivity index (χ3v) is 3.87. The molecule has 0 fully saturated rings. The van der Waals surface area contributed by atoms with Gasteiger partial charge in [0.2, 0.25) is 0 Å². The van der Waals surface area contributed by atoms with Crippen molar-refractivity contribution in [1.29, 1.82) is 0 Å². The highest BCUT2D eigenvalue weighted by molar-refractivity contribution is 9.10. The van der Waals surface area contributed by atoms with Gasteiger partial charge < -0.3 is 15.0 Å². The fourth-order valence-corrected chi connectivity index (χ4v) is 2.36. The van der Waals surface area contributed by atoms with Crippen LogP contribution in [0.1, 0.15) is 12.5 Å². The first kappa shape index (κ1) is 17.3. The molecule has 2 amide bonds. The lowest BCUT2D eigenvalue weighted by Crippen LogP contribution is -2.40. The van der Waals surface area contributed by atoms with Gasteiger partial charge in [0.25, 0.3) is 0 Å². The first-order chi connectivity index (χ1) is 11.2. The lowest BCUT2D eigenvalue weighted by Gasteiger charge is -2.21. The molecule has 4 nitrogen and oxygen atoms in total. The maximum atomic E-state index is 12.2. The minimum atomic E-state index is -0.0734. The van der Waals surface area contributed by atoms with Crippen LogP contribution in [0, 0.1) is 0 Å². The van der Waals surface area contributed by atoms with Gasteiger partial charge in [-0.3, -0.25) is 0 Å². The van der Waals surface area contributed by atoms with Gasteiger partial charge in [0.05, 0.1) is 6.54 Å². The highest BCUT2D eigenvalue weighted by Gasteiger charge is 2.11. The first-order valence-corrected chi connectivity index (χ1v) is 8.43. The molecular weight excluding hydrogens is 356 g/mol.